The van der Waals surface area contributed by atoms with E-state index >= 15 is 0 Å². The summed E-state index contributed by atoms with van der Waals surface area (Å²) in [5, 5.41) is 0. The van der Waals surface area contributed by atoms with Crippen LogP contribution < -0.4 is 0 Å². The highest BCUT2D eigenvalue weighted by atomic mass is 16.6. The summed E-state index contributed by atoms with van der Waals surface area (Å²) >= 11 is 0. The van der Waals surface area contributed by atoms with Gasteiger partial charge in [0.1, 0.15) is 5.60 Å². The van der Waals surface area contributed by atoms with Crippen LogP contribution >= 0.6 is 0 Å². The zero-order valence-electron chi connectivity index (χ0n) is 14.2. The van der Waals surface area contributed by atoms with Gasteiger partial charge in [0.25, 0.3) is 0 Å². The van der Waals surface area contributed by atoms with Gasteiger partial charge in [-0.3, -0.25) is 4.79 Å². The van der Waals surface area contributed by atoms with E-state index in [0.29, 0.717) is 11.8 Å². The highest BCUT2D eigenvalue weighted by Gasteiger charge is 2.24. The van der Waals surface area contributed by atoms with Crippen molar-refractivity contribution in [3.05, 3.63) is 35.9 Å². The molecule has 2 nitrogen and oxygen atoms in total. The van der Waals surface area contributed by atoms with Crippen molar-refractivity contribution in [2.24, 2.45) is 5.41 Å². The maximum Gasteiger partial charge on any atom is 0.306 e. The van der Waals surface area contributed by atoms with Gasteiger partial charge in [-0.15, -0.1) is 0 Å². The molecule has 0 spiro atoms. The lowest BCUT2D eigenvalue weighted by molar-refractivity contribution is -0.157. The third kappa shape index (κ3) is 7.31. The number of ether oxygens (including phenoxy) is 1. The molecule has 0 saturated carbocycles. The van der Waals surface area contributed by atoms with E-state index in [4.69, 9.17) is 4.74 Å². The van der Waals surface area contributed by atoms with Crippen molar-refractivity contribution in [3.63, 3.8) is 0 Å². The van der Waals surface area contributed by atoms with Gasteiger partial charge in [0.05, 0.1) is 0 Å². The fourth-order valence-corrected chi connectivity index (χ4v) is 2.34. The number of hydrogen-bond donors (Lipinski definition) is 0. The van der Waals surface area contributed by atoms with Crippen LogP contribution in [0.4, 0.5) is 0 Å². The van der Waals surface area contributed by atoms with Crippen LogP contribution in [0.15, 0.2) is 30.3 Å². The Bertz CT molecular complexity index is 427. The normalized spacial score (nSPS) is 12.2. The van der Waals surface area contributed by atoms with Crippen molar-refractivity contribution in [3.8, 4) is 0 Å². The third-order valence-electron chi connectivity index (χ3n) is 3.65. The maximum atomic E-state index is 12.0. The van der Waals surface area contributed by atoms with Crippen LogP contribution in [0.2, 0.25) is 0 Å². The topological polar surface area (TPSA) is 26.3 Å². The molecule has 0 radical (unpaired) electrons. The predicted octanol–water partition coefficient (Wildman–Crippen LogP) is 5.46. The molecule has 1 rings (SSSR count). The number of carbonyl (C=O) groups is 1. The molecule has 2 heteroatoms. The van der Waals surface area contributed by atoms with Crippen molar-refractivity contribution in [2.45, 2.75) is 72.3 Å². The Balaban J connectivity index is 2.30. The molecule has 0 atom stereocenters. The van der Waals surface area contributed by atoms with E-state index in [2.05, 4.69) is 20.8 Å². The molecule has 0 unspecified atom stereocenters. The predicted molar refractivity (Wildman–Crippen MR) is 88.1 cm³/mol. The van der Waals surface area contributed by atoms with Crippen LogP contribution in [-0.2, 0) is 15.1 Å². The number of hydrogen-bond acceptors (Lipinski definition) is 2. The van der Waals surface area contributed by atoms with Gasteiger partial charge < -0.3 is 4.74 Å². The van der Waals surface area contributed by atoms with E-state index < -0.39 is 5.60 Å². The second-order valence-electron chi connectivity index (χ2n) is 7.47. The molecule has 21 heavy (non-hydrogen) atoms. The first kappa shape index (κ1) is 17.7. The van der Waals surface area contributed by atoms with Crippen LogP contribution in [0.5, 0.6) is 0 Å². The Hall–Kier alpha value is -1.31. The minimum atomic E-state index is -0.552. The Morgan fingerprint density at radius 2 is 1.57 bits per heavy atom. The SMILES string of the molecule is CC(C)(C)CCCCCC(=O)OC(C)(C)c1ccccc1. The molecular formula is C19H30O2. The molecule has 0 aliphatic heterocycles. The second kappa shape index (κ2) is 7.63. The Morgan fingerprint density at radius 3 is 2.14 bits per heavy atom. The molecule has 118 valence electrons. The molecule has 1 aromatic rings. The highest BCUT2D eigenvalue weighted by Crippen LogP contribution is 2.26. The number of rotatable bonds is 7. The molecule has 0 saturated heterocycles. The monoisotopic (exact) mass is 290 g/mol. The van der Waals surface area contributed by atoms with Crippen molar-refractivity contribution >= 4 is 5.97 Å². The standard InChI is InChI=1S/C19H30O2/c1-18(2,3)15-11-7-10-14-17(20)21-19(4,5)16-12-8-6-9-13-16/h6,8-9,12-13H,7,10-11,14-15H2,1-5H3. The van der Waals surface area contributed by atoms with E-state index in [1.54, 1.807) is 0 Å². The van der Waals surface area contributed by atoms with Crippen molar-refractivity contribution in [2.75, 3.05) is 0 Å². The minimum Gasteiger partial charge on any atom is -0.455 e. The lowest BCUT2D eigenvalue weighted by Gasteiger charge is -2.25. The lowest BCUT2D eigenvalue weighted by atomic mass is 9.89. The van der Waals surface area contributed by atoms with Gasteiger partial charge in [-0.2, -0.15) is 0 Å². The van der Waals surface area contributed by atoms with Gasteiger partial charge in [0.15, 0.2) is 0 Å². The summed E-state index contributed by atoms with van der Waals surface area (Å²) in [6.07, 6.45) is 4.91. The third-order valence-corrected chi connectivity index (χ3v) is 3.65. The summed E-state index contributed by atoms with van der Waals surface area (Å²) in [4.78, 5) is 12.0. The Labute approximate surface area is 129 Å². The van der Waals surface area contributed by atoms with Gasteiger partial charge in [-0.05, 0) is 37.7 Å². The molecule has 0 amide bonds. The fourth-order valence-electron chi connectivity index (χ4n) is 2.34. The largest absolute Gasteiger partial charge is 0.455 e. The highest BCUT2D eigenvalue weighted by molar-refractivity contribution is 5.70. The van der Waals surface area contributed by atoms with Gasteiger partial charge in [0.2, 0.25) is 0 Å². The molecule has 0 aliphatic carbocycles. The first-order valence-electron chi connectivity index (χ1n) is 7.98. The number of esters is 1. The van der Waals surface area contributed by atoms with Gasteiger partial charge in [-0.1, -0.05) is 63.9 Å². The average molecular weight is 290 g/mol. The molecule has 1 aromatic carbocycles. The molecular weight excluding hydrogens is 260 g/mol. The number of unbranched alkanes of at least 4 members (excludes halogenated alkanes) is 2. The fraction of sp³-hybridized carbons (Fsp3) is 0.632. The van der Waals surface area contributed by atoms with E-state index in [-0.39, 0.29) is 5.97 Å². The summed E-state index contributed by atoms with van der Waals surface area (Å²) in [7, 11) is 0. The first-order chi connectivity index (χ1) is 9.71. The van der Waals surface area contributed by atoms with Gasteiger partial charge in [-0.25, -0.2) is 0 Å². The zero-order chi connectivity index (χ0) is 15.9. The van der Waals surface area contributed by atoms with Crippen molar-refractivity contribution < 1.29 is 9.53 Å². The zero-order valence-corrected chi connectivity index (χ0v) is 14.2. The van der Waals surface area contributed by atoms with E-state index in [0.717, 1.165) is 18.4 Å². The molecule has 0 heterocycles. The molecule has 0 bridgehead atoms. The van der Waals surface area contributed by atoms with Crippen LogP contribution in [0.3, 0.4) is 0 Å². The van der Waals surface area contributed by atoms with E-state index in [1.165, 1.54) is 12.8 Å². The van der Waals surface area contributed by atoms with Crippen molar-refractivity contribution in [1.82, 2.24) is 0 Å². The van der Waals surface area contributed by atoms with Crippen LogP contribution in [-0.4, -0.2) is 5.97 Å². The maximum absolute atomic E-state index is 12.0. The number of benzene rings is 1. The summed E-state index contributed by atoms with van der Waals surface area (Å²) in [6, 6.07) is 9.90. The van der Waals surface area contributed by atoms with Gasteiger partial charge >= 0.3 is 5.97 Å². The average Bonchev–Trinajstić information content (AvgIpc) is 2.37. The summed E-state index contributed by atoms with van der Waals surface area (Å²) < 4.78 is 5.63. The summed E-state index contributed by atoms with van der Waals surface area (Å²) in [5.41, 5.74) is 0.866. The second-order valence-corrected chi connectivity index (χ2v) is 7.47. The molecule has 0 fully saturated rings. The van der Waals surface area contributed by atoms with E-state index in [9.17, 15) is 4.79 Å². The minimum absolute atomic E-state index is 0.0976. The summed E-state index contributed by atoms with van der Waals surface area (Å²) in [6.45, 7) is 10.6. The lowest BCUT2D eigenvalue weighted by Crippen LogP contribution is -2.25. The van der Waals surface area contributed by atoms with Gasteiger partial charge in [0, 0.05) is 6.42 Å². The van der Waals surface area contributed by atoms with Crippen LogP contribution in [0, 0.1) is 5.41 Å². The van der Waals surface area contributed by atoms with Crippen molar-refractivity contribution in [1.29, 1.82) is 0 Å². The summed E-state index contributed by atoms with van der Waals surface area (Å²) in [5.74, 6) is -0.0976. The Kier molecular flexibility index (Phi) is 6.44. The van der Waals surface area contributed by atoms with Crippen LogP contribution in [0.1, 0.15) is 72.3 Å². The van der Waals surface area contributed by atoms with E-state index in [1.807, 2.05) is 44.2 Å². The molecule has 0 N–H and O–H groups in total. The first-order valence-corrected chi connectivity index (χ1v) is 7.98. The number of carbonyl (C=O) groups excluding carboxylic acids is 1. The molecule has 0 aromatic heterocycles. The van der Waals surface area contributed by atoms with Crippen LogP contribution in [0.25, 0.3) is 0 Å². The smallest absolute Gasteiger partial charge is 0.306 e. The molecule has 0 aliphatic rings. The quantitative estimate of drug-likeness (QED) is 0.492. The Morgan fingerprint density at radius 1 is 0.952 bits per heavy atom.